The van der Waals surface area contributed by atoms with Crippen LogP contribution in [-0.4, -0.2) is 26.8 Å². The molecule has 1 aromatic heterocycles. The van der Waals surface area contributed by atoms with E-state index in [9.17, 15) is 10.1 Å². The van der Waals surface area contributed by atoms with Crippen molar-refractivity contribution in [3.63, 3.8) is 0 Å². The maximum atomic E-state index is 11.3. The maximum Gasteiger partial charge on any atom is 0.273 e. The van der Waals surface area contributed by atoms with Gasteiger partial charge in [0.25, 0.3) is 5.69 Å². The summed E-state index contributed by atoms with van der Waals surface area (Å²) in [5, 5.41) is 20.7. The predicted molar refractivity (Wildman–Crippen MR) is 120 cm³/mol. The van der Waals surface area contributed by atoms with E-state index in [1.54, 1.807) is 25.3 Å². The molecule has 0 spiro atoms. The summed E-state index contributed by atoms with van der Waals surface area (Å²) in [5.41, 5.74) is 0.763. The summed E-state index contributed by atoms with van der Waals surface area (Å²) in [4.78, 5) is 10.9. The molecule has 0 aliphatic rings. The minimum atomic E-state index is -0.357. The average molecular weight is 443 g/mol. The number of nitro benzene ring substituents is 1. The van der Waals surface area contributed by atoms with Gasteiger partial charge < -0.3 is 14.0 Å². The van der Waals surface area contributed by atoms with Gasteiger partial charge in [0, 0.05) is 30.0 Å². The standard InChI is InChI=1S/C22H26N4O4S/c1-15(2)13-25-21(16(3)30-19-10-7-9-18(12-19)29-4)23-24-22(25)31-14-17-8-5-6-11-20(17)26(27)28/h5-12,15-16H,13-14H2,1-4H3. The van der Waals surface area contributed by atoms with E-state index in [1.165, 1.54) is 17.8 Å². The largest absolute Gasteiger partial charge is 0.497 e. The van der Waals surface area contributed by atoms with Gasteiger partial charge in [-0.2, -0.15) is 0 Å². The van der Waals surface area contributed by atoms with Crippen LogP contribution in [0.4, 0.5) is 5.69 Å². The van der Waals surface area contributed by atoms with Crippen LogP contribution in [0, 0.1) is 16.0 Å². The van der Waals surface area contributed by atoms with E-state index in [1.807, 2.05) is 35.8 Å². The molecule has 3 rings (SSSR count). The van der Waals surface area contributed by atoms with Crippen LogP contribution in [0.25, 0.3) is 0 Å². The highest BCUT2D eigenvalue weighted by molar-refractivity contribution is 7.98. The number of ether oxygens (including phenoxy) is 2. The number of rotatable bonds is 10. The molecule has 0 N–H and O–H groups in total. The molecule has 164 valence electrons. The van der Waals surface area contributed by atoms with Crippen molar-refractivity contribution in [3.8, 4) is 11.5 Å². The highest BCUT2D eigenvalue weighted by Gasteiger charge is 2.21. The number of nitro groups is 1. The molecular weight excluding hydrogens is 416 g/mol. The van der Waals surface area contributed by atoms with Crippen LogP contribution in [0.5, 0.6) is 11.5 Å². The number of methoxy groups -OCH3 is 1. The predicted octanol–water partition coefficient (Wildman–Crippen LogP) is 5.28. The number of para-hydroxylation sites is 1. The van der Waals surface area contributed by atoms with Gasteiger partial charge in [0.15, 0.2) is 17.1 Å². The normalized spacial score (nSPS) is 12.0. The minimum Gasteiger partial charge on any atom is -0.497 e. The van der Waals surface area contributed by atoms with Gasteiger partial charge in [-0.1, -0.05) is 49.9 Å². The quantitative estimate of drug-likeness (QED) is 0.239. The Morgan fingerprint density at radius 1 is 1.10 bits per heavy atom. The Bertz CT molecular complexity index is 1040. The monoisotopic (exact) mass is 442 g/mol. The van der Waals surface area contributed by atoms with Crippen LogP contribution in [-0.2, 0) is 12.3 Å². The maximum absolute atomic E-state index is 11.3. The van der Waals surface area contributed by atoms with E-state index in [0.717, 1.165) is 0 Å². The summed E-state index contributed by atoms with van der Waals surface area (Å²) < 4.78 is 13.4. The molecule has 0 aliphatic carbocycles. The fourth-order valence-corrected chi connectivity index (χ4v) is 4.08. The molecular formula is C22H26N4O4S. The Hall–Kier alpha value is -3.07. The lowest BCUT2D eigenvalue weighted by Gasteiger charge is -2.18. The summed E-state index contributed by atoms with van der Waals surface area (Å²) in [7, 11) is 1.61. The van der Waals surface area contributed by atoms with Crippen molar-refractivity contribution in [2.75, 3.05) is 7.11 Å². The minimum absolute atomic E-state index is 0.111. The molecule has 0 saturated carbocycles. The first-order chi connectivity index (χ1) is 14.9. The summed E-state index contributed by atoms with van der Waals surface area (Å²) >= 11 is 1.43. The molecule has 0 amide bonds. The molecule has 9 heteroatoms. The number of hydrogen-bond donors (Lipinski definition) is 0. The van der Waals surface area contributed by atoms with Crippen molar-refractivity contribution in [3.05, 3.63) is 70.0 Å². The van der Waals surface area contributed by atoms with Gasteiger partial charge >= 0.3 is 0 Å². The fourth-order valence-electron chi connectivity index (χ4n) is 3.13. The first-order valence-corrected chi connectivity index (χ1v) is 11.0. The third-order valence-electron chi connectivity index (χ3n) is 4.56. The topological polar surface area (TPSA) is 92.3 Å². The second-order valence-electron chi connectivity index (χ2n) is 7.46. The van der Waals surface area contributed by atoms with Crippen LogP contribution in [0.2, 0.25) is 0 Å². The van der Waals surface area contributed by atoms with E-state index < -0.39 is 0 Å². The van der Waals surface area contributed by atoms with Gasteiger partial charge in [0.2, 0.25) is 0 Å². The van der Waals surface area contributed by atoms with Crippen LogP contribution in [0.3, 0.4) is 0 Å². The Kier molecular flexibility index (Phi) is 7.51. The Morgan fingerprint density at radius 2 is 1.84 bits per heavy atom. The molecule has 3 aromatic rings. The Morgan fingerprint density at radius 3 is 2.55 bits per heavy atom. The van der Waals surface area contributed by atoms with Crippen molar-refractivity contribution < 1.29 is 14.4 Å². The smallest absolute Gasteiger partial charge is 0.273 e. The molecule has 1 unspecified atom stereocenters. The second-order valence-corrected chi connectivity index (χ2v) is 8.40. The zero-order valence-electron chi connectivity index (χ0n) is 18.0. The lowest BCUT2D eigenvalue weighted by atomic mass is 10.2. The second kappa shape index (κ2) is 10.3. The molecule has 8 nitrogen and oxygen atoms in total. The Balaban J connectivity index is 1.81. The highest BCUT2D eigenvalue weighted by atomic mass is 32.2. The van der Waals surface area contributed by atoms with Crippen LogP contribution in [0.15, 0.2) is 53.7 Å². The number of hydrogen-bond acceptors (Lipinski definition) is 7. The molecule has 1 heterocycles. The van der Waals surface area contributed by atoms with Gasteiger partial charge in [-0.15, -0.1) is 10.2 Å². The number of thioether (sulfide) groups is 1. The van der Waals surface area contributed by atoms with Crippen LogP contribution in [0.1, 0.15) is 38.3 Å². The van der Waals surface area contributed by atoms with Gasteiger partial charge in [-0.3, -0.25) is 10.1 Å². The van der Waals surface area contributed by atoms with Crippen LogP contribution < -0.4 is 9.47 Å². The van der Waals surface area contributed by atoms with Crippen molar-refractivity contribution in [2.45, 2.75) is 44.3 Å². The number of nitrogens with zero attached hydrogens (tertiary/aromatic N) is 4. The zero-order valence-corrected chi connectivity index (χ0v) is 18.8. The highest BCUT2D eigenvalue weighted by Crippen LogP contribution is 2.30. The van der Waals surface area contributed by atoms with Gasteiger partial charge in [0.1, 0.15) is 11.5 Å². The molecule has 0 aliphatic heterocycles. The number of aromatic nitrogens is 3. The molecule has 1 atom stereocenters. The van der Waals surface area contributed by atoms with Gasteiger partial charge in [-0.05, 0) is 25.0 Å². The molecule has 0 saturated heterocycles. The first-order valence-electron chi connectivity index (χ1n) is 9.98. The van der Waals surface area contributed by atoms with Gasteiger partial charge in [-0.25, -0.2) is 0 Å². The lowest BCUT2D eigenvalue weighted by Crippen LogP contribution is -2.15. The van der Waals surface area contributed by atoms with E-state index in [-0.39, 0.29) is 16.7 Å². The van der Waals surface area contributed by atoms with Crippen LogP contribution >= 0.6 is 11.8 Å². The Labute approximate surface area is 185 Å². The van der Waals surface area contributed by atoms with E-state index in [0.29, 0.717) is 46.3 Å². The van der Waals surface area contributed by atoms with Crippen molar-refractivity contribution >= 4 is 17.4 Å². The SMILES string of the molecule is COc1cccc(OC(C)c2nnc(SCc3ccccc3[N+](=O)[O-])n2CC(C)C)c1. The summed E-state index contributed by atoms with van der Waals surface area (Å²) in [6.45, 7) is 6.88. The molecule has 0 fully saturated rings. The van der Waals surface area contributed by atoms with E-state index in [2.05, 4.69) is 24.0 Å². The summed E-state index contributed by atoms with van der Waals surface area (Å²) in [6.07, 6.45) is -0.334. The third-order valence-corrected chi connectivity index (χ3v) is 5.57. The van der Waals surface area contributed by atoms with E-state index >= 15 is 0 Å². The molecule has 2 aromatic carbocycles. The lowest BCUT2D eigenvalue weighted by molar-refractivity contribution is -0.385. The average Bonchev–Trinajstić information content (AvgIpc) is 3.14. The van der Waals surface area contributed by atoms with E-state index in [4.69, 9.17) is 9.47 Å². The zero-order chi connectivity index (χ0) is 22.4. The first kappa shape index (κ1) is 22.6. The fraction of sp³-hybridized carbons (Fsp3) is 0.364. The summed E-state index contributed by atoms with van der Waals surface area (Å²) in [6, 6.07) is 14.2. The molecule has 31 heavy (non-hydrogen) atoms. The summed E-state index contributed by atoms with van der Waals surface area (Å²) in [5.74, 6) is 2.90. The van der Waals surface area contributed by atoms with Gasteiger partial charge in [0.05, 0.1) is 12.0 Å². The third kappa shape index (κ3) is 5.75. The van der Waals surface area contributed by atoms with Crippen molar-refractivity contribution in [2.24, 2.45) is 5.92 Å². The number of benzene rings is 2. The molecule has 0 bridgehead atoms. The van der Waals surface area contributed by atoms with Crippen molar-refractivity contribution in [1.82, 2.24) is 14.8 Å². The molecule has 0 radical (unpaired) electrons. The van der Waals surface area contributed by atoms with Crippen molar-refractivity contribution in [1.29, 1.82) is 0 Å².